The quantitative estimate of drug-likeness (QED) is 0.711. The molecule has 0 aliphatic carbocycles. The van der Waals surface area contributed by atoms with Gasteiger partial charge in [0.2, 0.25) is 5.91 Å². The molecule has 3 heteroatoms. The van der Waals surface area contributed by atoms with Crippen molar-refractivity contribution in [2.24, 2.45) is 5.73 Å². The van der Waals surface area contributed by atoms with Gasteiger partial charge in [-0.2, -0.15) is 0 Å². The molecule has 0 heterocycles. The van der Waals surface area contributed by atoms with Crippen LogP contribution >= 0.6 is 0 Å². The van der Waals surface area contributed by atoms with E-state index < -0.39 is 11.8 Å². The standard InChI is InChI=1S/C10H12NO2/c1-7(10(11)13)9-4-2-8(6-12)3-5-9/h2-5,7,12H,1,6H2,(H2,11,13). The summed E-state index contributed by atoms with van der Waals surface area (Å²) >= 11 is 0. The Bertz CT molecular complexity index is 292. The third-order valence-corrected chi connectivity index (χ3v) is 1.91. The first-order valence-electron chi connectivity index (χ1n) is 3.97. The van der Waals surface area contributed by atoms with E-state index in [2.05, 4.69) is 6.92 Å². The lowest BCUT2D eigenvalue weighted by Gasteiger charge is -2.07. The summed E-state index contributed by atoms with van der Waals surface area (Å²) in [5.41, 5.74) is 6.66. The van der Waals surface area contributed by atoms with Gasteiger partial charge in [0.05, 0.1) is 12.5 Å². The summed E-state index contributed by atoms with van der Waals surface area (Å²) in [5, 5.41) is 8.77. The lowest BCUT2D eigenvalue weighted by molar-refractivity contribution is -0.118. The fourth-order valence-corrected chi connectivity index (χ4v) is 1.02. The Morgan fingerprint density at radius 3 is 2.38 bits per heavy atom. The van der Waals surface area contributed by atoms with Crippen LogP contribution in [0.5, 0.6) is 0 Å². The molecule has 0 spiro atoms. The van der Waals surface area contributed by atoms with Crippen molar-refractivity contribution in [2.45, 2.75) is 12.5 Å². The molecule has 3 nitrogen and oxygen atoms in total. The minimum absolute atomic E-state index is 0.00133. The van der Waals surface area contributed by atoms with Crippen molar-refractivity contribution in [3.63, 3.8) is 0 Å². The number of carbonyl (C=O) groups is 1. The molecule has 1 rings (SSSR count). The highest BCUT2D eigenvalue weighted by Crippen LogP contribution is 2.14. The van der Waals surface area contributed by atoms with E-state index in [-0.39, 0.29) is 6.61 Å². The molecular weight excluding hydrogens is 166 g/mol. The number of hydrogen-bond acceptors (Lipinski definition) is 2. The molecule has 0 aromatic heterocycles. The van der Waals surface area contributed by atoms with Crippen LogP contribution in [0.1, 0.15) is 17.0 Å². The van der Waals surface area contributed by atoms with Crippen LogP contribution in [0.15, 0.2) is 24.3 Å². The van der Waals surface area contributed by atoms with Gasteiger partial charge in [0.15, 0.2) is 0 Å². The molecule has 0 fully saturated rings. The molecule has 1 unspecified atom stereocenters. The smallest absolute Gasteiger partial charge is 0.224 e. The van der Waals surface area contributed by atoms with E-state index in [0.29, 0.717) is 0 Å². The van der Waals surface area contributed by atoms with Crippen LogP contribution in [-0.2, 0) is 11.4 Å². The third kappa shape index (κ3) is 2.29. The first kappa shape index (κ1) is 9.74. The fraction of sp³-hybridized carbons (Fsp3) is 0.200. The monoisotopic (exact) mass is 178 g/mol. The maximum Gasteiger partial charge on any atom is 0.224 e. The molecule has 0 aliphatic rings. The van der Waals surface area contributed by atoms with E-state index in [1.54, 1.807) is 24.3 Å². The van der Waals surface area contributed by atoms with Gasteiger partial charge in [-0.15, -0.1) is 0 Å². The number of hydrogen-bond donors (Lipinski definition) is 2. The van der Waals surface area contributed by atoms with E-state index in [1.165, 1.54) is 0 Å². The highest BCUT2D eigenvalue weighted by Gasteiger charge is 2.10. The largest absolute Gasteiger partial charge is 0.392 e. The average Bonchev–Trinajstić information content (AvgIpc) is 2.17. The molecule has 1 atom stereocenters. The normalized spacial score (nSPS) is 12.5. The van der Waals surface area contributed by atoms with Gasteiger partial charge in [-0.1, -0.05) is 24.3 Å². The minimum Gasteiger partial charge on any atom is -0.392 e. The zero-order chi connectivity index (χ0) is 9.84. The van der Waals surface area contributed by atoms with Crippen molar-refractivity contribution < 1.29 is 9.90 Å². The summed E-state index contributed by atoms with van der Waals surface area (Å²) < 4.78 is 0. The van der Waals surface area contributed by atoms with Crippen molar-refractivity contribution >= 4 is 5.91 Å². The maximum absolute atomic E-state index is 10.8. The number of aliphatic hydroxyl groups is 1. The lowest BCUT2D eigenvalue weighted by Crippen LogP contribution is -2.18. The molecule has 0 saturated heterocycles. The first-order chi connectivity index (χ1) is 6.15. The van der Waals surface area contributed by atoms with Crippen molar-refractivity contribution in [1.29, 1.82) is 0 Å². The molecule has 1 radical (unpaired) electrons. The summed E-state index contributed by atoms with van der Waals surface area (Å²) in [6.45, 7) is 3.62. The topological polar surface area (TPSA) is 63.3 Å². The SMILES string of the molecule is [CH2]C(C(N)=O)c1ccc(CO)cc1. The lowest BCUT2D eigenvalue weighted by atomic mass is 10.00. The van der Waals surface area contributed by atoms with Crippen LogP contribution in [0.25, 0.3) is 0 Å². The van der Waals surface area contributed by atoms with Gasteiger partial charge in [0, 0.05) is 0 Å². The zero-order valence-electron chi connectivity index (χ0n) is 7.23. The summed E-state index contributed by atoms with van der Waals surface area (Å²) in [5.74, 6) is -0.968. The van der Waals surface area contributed by atoms with Gasteiger partial charge in [-0.25, -0.2) is 0 Å². The number of amides is 1. The molecule has 0 aliphatic heterocycles. The number of aliphatic hydroxyl groups excluding tert-OH is 1. The van der Waals surface area contributed by atoms with E-state index in [9.17, 15) is 4.79 Å². The van der Waals surface area contributed by atoms with Crippen LogP contribution in [0.2, 0.25) is 0 Å². The molecule has 3 N–H and O–H groups in total. The maximum atomic E-state index is 10.8. The Morgan fingerprint density at radius 2 is 2.00 bits per heavy atom. The Labute approximate surface area is 77.2 Å². The third-order valence-electron chi connectivity index (χ3n) is 1.91. The Hall–Kier alpha value is -1.35. The Balaban J connectivity index is 2.85. The second-order valence-electron chi connectivity index (χ2n) is 2.85. The number of nitrogens with two attached hydrogens (primary N) is 1. The average molecular weight is 178 g/mol. The Kier molecular flexibility index (Phi) is 3.03. The molecule has 0 saturated carbocycles. The van der Waals surface area contributed by atoms with E-state index in [1.807, 2.05) is 0 Å². The Morgan fingerprint density at radius 1 is 1.46 bits per heavy atom. The number of carbonyl (C=O) groups excluding carboxylic acids is 1. The van der Waals surface area contributed by atoms with Crippen molar-refractivity contribution in [3.05, 3.63) is 42.3 Å². The van der Waals surface area contributed by atoms with Crippen LogP contribution in [0, 0.1) is 6.92 Å². The number of primary amides is 1. The molecule has 1 amide bonds. The van der Waals surface area contributed by atoms with Crippen molar-refractivity contribution in [2.75, 3.05) is 0 Å². The van der Waals surface area contributed by atoms with Crippen LogP contribution in [0.4, 0.5) is 0 Å². The highest BCUT2D eigenvalue weighted by atomic mass is 16.3. The summed E-state index contributed by atoms with van der Waals surface area (Å²) in [6.07, 6.45) is 0. The van der Waals surface area contributed by atoms with E-state index in [0.717, 1.165) is 11.1 Å². The minimum atomic E-state index is -0.521. The van der Waals surface area contributed by atoms with Gasteiger partial charge >= 0.3 is 0 Å². The number of rotatable bonds is 3. The van der Waals surface area contributed by atoms with Gasteiger partial charge in [-0.3, -0.25) is 4.79 Å². The molecule has 1 aromatic carbocycles. The second-order valence-corrected chi connectivity index (χ2v) is 2.85. The predicted octanol–water partition coefficient (Wildman–Crippen LogP) is 0.582. The van der Waals surface area contributed by atoms with Gasteiger partial charge in [-0.05, 0) is 18.1 Å². The zero-order valence-corrected chi connectivity index (χ0v) is 7.23. The molecule has 1 aromatic rings. The molecule has 69 valence electrons. The summed E-state index contributed by atoms with van der Waals surface area (Å²) in [7, 11) is 0. The van der Waals surface area contributed by atoms with Crippen LogP contribution in [0.3, 0.4) is 0 Å². The fourth-order valence-electron chi connectivity index (χ4n) is 1.02. The molecule has 13 heavy (non-hydrogen) atoms. The predicted molar refractivity (Wildman–Crippen MR) is 49.7 cm³/mol. The van der Waals surface area contributed by atoms with Gasteiger partial charge < -0.3 is 10.8 Å². The van der Waals surface area contributed by atoms with E-state index in [4.69, 9.17) is 10.8 Å². The molecule has 0 bridgehead atoms. The van der Waals surface area contributed by atoms with E-state index >= 15 is 0 Å². The second kappa shape index (κ2) is 4.05. The van der Waals surface area contributed by atoms with Gasteiger partial charge in [0.1, 0.15) is 0 Å². The van der Waals surface area contributed by atoms with Crippen molar-refractivity contribution in [1.82, 2.24) is 0 Å². The summed E-state index contributed by atoms with van der Waals surface area (Å²) in [4.78, 5) is 10.8. The highest BCUT2D eigenvalue weighted by molar-refractivity contribution is 5.82. The molecular formula is C10H12NO2. The van der Waals surface area contributed by atoms with Crippen LogP contribution in [-0.4, -0.2) is 11.0 Å². The summed E-state index contributed by atoms with van der Waals surface area (Å²) in [6, 6.07) is 6.98. The van der Waals surface area contributed by atoms with Crippen LogP contribution < -0.4 is 5.73 Å². The van der Waals surface area contributed by atoms with Crippen molar-refractivity contribution in [3.8, 4) is 0 Å². The first-order valence-corrected chi connectivity index (χ1v) is 3.97. The number of benzene rings is 1. The van der Waals surface area contributed by atoms with Gasteiger partial charge in [0.25, 0.3) is 0 Å².